The van der Waals surface area contributed by atoms with Gasteiger partial charge in [-0.2, -0.15) is 0 Å². The summed E-state index contributed by atoms with van der Waals surface area (Å²) >= 11 is 0. The van der Waals surface area contributed by atoms with Gasteiger partial charge in [-0.25, -0.2) is 9.78 Å². The second kappa shape index (κ2) is 11.6. The number of para-hydroxylation sites is 1. The van der Waals surface area contributed by atoms with Crippen molar-refractivity contribution in [3.63, 3.8) is 0 Å². The molecule has 1 saturated heterocycles. The van der Waals surface area contributed by atoms with Crippen molar-refractivity contribution < 1.29 is 23.8 Å². The number of pyridine rings is 1. The van der Waals surface area contributed by atoms with Crippen LogP contribution < -0.4 is 10.1 Å². The second-order valence-electron chi connectivity index (χ2n) is 9.51. The van der Waals surface area contributed by atoms with E-state index in [0.717, 1.165) is 58.3 Å². The summed E-state index contributed by atoms with van der Waals surface area (Å²) in [6.07, 6.45) is 5.58. The minimum Gasteiger partial charge on any atom is -0.496 e. The predicted octanol–water partition coefficient (Wildman–Crippen LogP) is 5.72. The Balaban J connectivity index is 1.55. The molecule has 39 heavy (non-hydrogen) atoms. The van der Waals surface area contributed by atoms with E-state index in [4.69, 9.17) is 14.2 Å². The summed E-state index contributed by atoms with van der Waals surface area (Å²) in [6, 6.07) is 15.3. The van der Waals surface area contributed by atoms with Crippen molar-refractivity contribution in [1.82, 2.24) is 14.9 Å². The minimum absolute atomic E-state index is 0.0518. The van der Waals surface area contributed by atoms with E-state index in [9.17, 15) is 9.59 Å². The van der Waals surface area contributed by atoms with E-state index in [1.54, 1.807) is 37.4 Å². The Hall–Kier alpha value is -4.37. The van der Waals surface area contributed by atoms with Gasteiger partial charge in [0.2, 0.25) is 0 Å². The highest BCUT2D eigenvalue weighted by Crippen LogP contribution is 2.36. The van der Waals surface area contributed by atoms with Crippen molar-refractivity contribution >= 4 is 28.7 Å². The number of hydrogen-bond acceptors (Lipinski definition) is 6. The number of benzene rings is 2. The molecule has 1 atom stereocenters. The summed E-state index contributed by atoms with van der Waals surface area (Å²) < 4.78 is 16.0. The molecule has 1 fully saturated rings. The van der Waals surface area contributed by atoms with E-state index < -0.39 is 6.09 Å². The Morgan fingerprint density at radius 2 is 1.90 bits per heavy atom. The van der Waals surface area contributed by atoms with Crippen LogP contribution in [0.3, 0.4) is 0 Å². The number of hydrogen-bond donors (Lipinski definition) is 2. The fraction of sp³-hybridized carbons (Fsp3) is 0.300. The lowest BCUT2D eigenvalue weighted by Gasteiger charge is -2.28. The molecule has 5 rings (SSSR count). The van der Waals surface area contributed by atoms with Crippen LogP contribution in [0, 0.1) is 0 Å². The van der Waals surface area contributed by atoms with E-state index in [1.807, 2.05) is 42.6 Å². The van der Waals surface area contributed by atoms with Crippen molar-refractivity contribution in [3.05, 3.63) is 66.5 Å². The number of aromatic amines is 1. The van der Waals surface area contributed by atoms with Gasteiger partial charge in [-0.05, 0) is 49.1 Å². The molecule has 9 nitrogen and oxygen atoms in total. The Labute approximate surface area is 227 Å². The third kappa shape index (κ3) is 5.44. The number of rotatable bonds is 6. The highest BCUT2D eigenvalue weighted by molar-refractivity contribution is 6.04. The second-order valence-corrected chi connectivity index (χ2v) is 9.51. The third-order valence-corrected chi connectivity index (χ3v) is 7.22. The number of aromatic nitrogens is 2. The van der Waals surface area contributed by atoms with Crippen LogP contribution in [0.25, 0.3) is 33.3 Å². The largest absolute Gasteiger partial charge is 0.496 e. The van der Waals surface area contributed by atoms with Crippen LogP contribution in [-0.2, 0) is 9.47 Å². The number of carbonyl (C=O) groups is 2. The Morgan fingerprint density at radius 1 is 1.05 bits per heavy atom. The molecule has 1 unspecified atom stereocenters. The van der Waals surface area contributed by atoms with Gasteiger partial charge in [0.1, 0.15) is 11.4 Å². The molecule has 0 spiro atoms. The third-order valence-electron chi connectivity index (χ3n) is 7.22. The first-order valence-electron chi connectivity index (χ1n) is 12.9. The van der Waals surface area contributed by atoms with Gasteiger partial charge < -0.3 is 24.1 Å². The first kappa shape index (κ1) is 26.2. The highest BCUT2D eigenvalue weighted by atomic mass is 16.5. The lowest BCUT2D eigenvalue weighted by Crippen LogP contribution is -2.37. The first-order chi connectivity index (χ1) is 19.0. The summed E-state index contributed by atoms with van der Waals surface area (Å²) in [7, 11) is 4.75. The van der Waals surface area contributed by atoms with Crippen molar-refractivity contribution in [2.75, 3.05) is 39.8 Å². The summed E-state index contributed by atoms with van der Waals surface area (Å²) in [4.78, 5) is 35.5. The van der Waals surface area contributed by atoms with Crippen molar-refractivity contribution in [2.45, 2.75) is 25.3 Å². The van der Waals surface area contributed by atoms with E-state index in [2.05, 4.69) is 15.3 Å². The standard InChI is InChI=1S/C30H32N4O5/c1-34(21-7-6-13-39-14-12-21)29(35)24-15-19(10-11-26(24)33-30(36)38-3)20-16-23-25(18-32-28(23)31-17-20)22-8-4-5-9-27(22)37-2/h4-5,8-11,15-18,21H,6-7,12-14H2,1-3H3,(H,31,32)(H,33,36). The van der Waals surface area contributed by atoms with Crippen LogP contribution in [0.1, 0.15) is 29.6 Å². The van der Waals surface area contributed by atoms with Crippen LogP contribution >= 0.6 is 0 Å². The van der Waals surface area contributed by atoms with Gasteiger partial charge in [0, 0.05) is 60.8 Å². The smallest absolute Gasteiger partial charge is 0.411 e. The topological polar surface area (TPSA) is 106 Å². The summed E-state index contributed by atoms with van der Waals surface area (Å²) in [6.45, 7) is 1.32. The zero-order valence-electron chi connectivity index (χ0n) is 22.3. The quantitative estimate of drug-likeness (QED) is 0.331. The zero-order chi connectivity index (χ0) is 27.4. The average molecular weight is 529 g/mol. The lowest BCUT2D eigenvalue weighted by atomic mass is 9.99. The maximum atomic E-state index is 13.8. The van der Waals surface area contributed by atoms with E-state index in [-0.39, 0.29) is 11.9 Å². The van der Waals surface area contributed by atoms with Gasteiger partial charge in [0.25, 0.3) is 5.91 Å². The van der Waals surface area contributed by atoms with E-state index in [1.165, 1.54) is 7.11 Å². The van der Waals surface area contributed by atoms with E-state index >= 15 is 0 Å². The van der Waals surface area contributed by atoms with Gasteiger partial charge in [0.05, 0.1) is 25.5 Å². The highest BCUT2D eigenvalue weighted by Gasteiger charge is 2.25. The van der Waals surface area contributed by atoms with Crippen LogP contribution in [0.2, 0.25) is 0 Å². The Kier molecular flexibility index (Phi) is 7.79. The number of nitrogens with zero attached hydrogens (tertiary/aromatic N) is 2. The zero-order valence-corrected chi connectivity index (χ0v) is 22.3. The monoisotopic (exact) mass is 528 g/mol. The number of carbonyl (C=O) groups excluding carboxylic acids is 2. The fourth-order valence-corrected chi connectivity index (χ4v) is 5.05. The predicted molar refractivity (Wildman–Crippen MR) is 150 cm³/mol. The number of anilines is 1. The van der Waals surface area contributed by atoms with Gasteiger partial charge in [-0.15, -0.1) is 0 Å². The number of methoxy groups -OCH3 is 2. The molecule has 9 heteroatoms. The SMILES string of the molecule is COC(=O)Nc1ccc(-c2cnc3[nH]cc(-c4ccccc4OC)c3c2)cc1C(=O)N(C)C1CCCOCC1. The number of ether oxygens (including phenoxy) is 3. The van der Waals surface area contributed by atoms with Crippen LogP contribution in [0.15, 0.2) is 60.9 Å². The number of amides is 2. The maximum Gasteiger partial charge on any atom is 0.411 e. The molecule has 2 aromatic carbocycles. The molecule has 1 aliphatic rings. The summed E-state index contributed by atoms with van der Waals surface area (Å²) in [5.41, 5.74) is 5.06. The minimum atomic E-state index is -0.640. The van der Waals surface area contributed by atoms with Crippen LogP contribution in [-0.4, -0.2) is 67.4 Å². The van der Waals surface area contributed by atoms with Gasteiger partial charge >= 0.3 is 6.09 Å². The number of H-pyrrole nitrogens is 1. The first-order valence-corrected chi connectivity index (χ1v) is 12.9. The van der Waals surface area contributed by atoms with Gasteiger partial charge in [-0.3, -0.25) is 10.1 Å². The molecule has 0 radical (unpaired) electrons. The van der Waals surface area contributed by atoms with E-state index in [0.29, 0.717) is 24.5 Å². The molecule has 2 amide bonds. The maximum absolute atomic E-state index is 13.8. The Morgan fingerprint density at radius 3 is 2.72 bits per heavy atom. The molecular weight excluding hydrogens is 496 g/mol. The Bertz CT molecular complexity index is 1490. The molecule has 202 valence electrons. The van der Waals surface area contributed by atoms with Crippen molar-refractivity contribution in [3.8, 4) is 28.0 Å². The average Bonchev–Trinajstić information content (AvgIpc) is 3.20. The molecular formula is C30H32N4O5. The normalized spacial score (nSPS) is 15.4. The summed E-state index contributed by atoms with van der Waals surface area (Å²) in [5, 5.41) is 3.62. The molecule has 0 aliphatic carbocycles. The molecule has 0 bridgehead atoms. The van der Waals surface area contributed by atoms with Crippen LogP contribution in [0.4, 0.5) is 10.5 Å². The van der Waals surface area contributed by atoms with Crippen molar-refractivity contribution in [1.29, 1.82) is 0 Å². The molecule has 2 aromatic heterocycles. The molecule has 1 aliphatic heterocycles. The molecule has 0 saturated carbocycles. The fourth-order valence-electron chi connectivity index (χ4n) is 5.05. The number of nitrogens with one attached hydrogen (secondary N) is 2. The number of fused-ring (bicyclic) bond motifs is 1. The van der Waals surface area contributed by atoms with Crippen LogP contribution in [0.5, 0.6) is 5.75 Å². The van der Waals surface area contributed by atoms with Gasteiger partial charge in [-0.1, -0.05) is 24.3 Å². The molecule has 4 aromatic rings. The summed E-state index contributed by atoms with van der Waals surface area (Å²) in [5.74, 6) is 0.586. The van der Waals surface area contributed by atoms with Crippen molar-refractivity contribution in [2.24, 2.45) is 0 Å². The van der Waals surface area contributed by atoms with Gasteiger partial charge in [0.15, 0.2) is 0 Å². The molecule has 2 N–H and O–H groups in total. The lowest BCUT2D eigenvalue weighted by molar-refractivity contribution is 0.0708. The molecule has 3 heterocycles.